The molecular formula is C17H23N3O3S. The summed E-state index contributed by atoms with van der Waals surface area (Å²) in [6, 6.07) is 9.82. The van der Waals surface area contributed by atoms with Crippen LogP contribution in [0.3, 0.4) is 0 Å². The number of sulfone groups is 1. The molecular weight excluding hydrogens is 326 g/mol. The van der Waals surface area contributed by atoms with Crippen LogP contribution in [0.15, 0.2) is 30.3 Å². The average molecular weight is 349 g/mol. The molecule has 24 heavy (non-hydrogen) atoms. The summed E-state index contributed by atoms with van der Waals surface area (Å²) >= 11 is 0. The van der Waals surface area contributed by atoms with E-state index in [2.05, 4.69) is 15.2 Å². The van der Waals surface area contributed by atoms with Crippen molar-refractivity contribution in [1.82, 2.24) is 15.2 Å². The zero-order chi connectivity index (χ0) is 17.2. The van der Waals surface area contributed by atoms with E-state index < -0.39 is 9.84 Å². The van der Waals surface area contributed by atoms with Gasteiger partial charge in [-0.1, -0.05) is 18.2 Å². The molecule has 0 spiro atoms. The van der Waals surface area contributed by atoms with Crippen LogP contribution < -0.4 is 5.32 Å². The maximum absolute atomic E-state index is 12.4. The number of carbonyl (C=O) groups is 1. The Bertz CT molecular complexity index is 787. The first-order valence-corrected chi connectivity index (χ1v) is 10.3. The summed E-state index contributed by atoms with van der Waals surface area (Å²) in [5, 5.41) is 4.10. The summed E-state index contributed by atoms with van der Waals surface area (Å²) in [4.78, 5) is 17.7. The van der Waals surface area contributed by atoms with Crippen LogP contribution >= 0.6 is 0 Å². The number of carbonyl (C=O) groups excluding carboxylic acids is 1. The number of rotatable bonds is 5. The van der Waals surface area contributed by atoms with E-state index in [4.69, 9.17) is 0 Å². The Labute approximate surface area is 142 Å². The van der Waals surface area contributed by atoms with Gasteiger partial charge in [0.1, 0.15) is 15.5 Å². The normalized spacial score (nSPS) is 17.2. The molecule has 0 aliphatic carbocycles. The summed E-state index contributed by atoms with van der Waals surface area (Å²) in [7, 11) is -2.92. The molecule has 2 heterocycles. The van der Waals surface area contributed by atoms with Crippen LogP contribution in [-0.2, 0) is 9.84 Å². The van der Waals surface area contributed by atoms with Crippen molar-refractivity contribution in [3.05, 3.63) is 36.0 Å². The molecule has 0 atom stereocenters. The molecule has 6 nitrogen and oxygen atoms in total. The number of nitrogens with zero attached hydrogens (tertiary/aromatic N) is 1. The number of hydrogen-bond acceptors (Lipinski definition) is 4. The summed E-state index contributed by atoms with van der Waals surface area (Å²) in [6.07, 6.45) is 2.95. The summed E-state index contributed by atoms with van der Waals surface area (Å²) in [5.74, 6) is 0.111. The molecule has 0 bridgehead atoms. The van der Waals surface area contributed by atoms with E-state index in [-0.39, 0.29) is 17.7 Å². The highest BCUT2D eigenvalue weighted by molar-refractivity contribution is 7.90. The van der Waals surface area contributed by atoms with Crippen LogP contribution in [0.4, 0.5) is 0 Å². The van der Waals surface area contributed by atoms with Crippen LogP contribution in [0.2, 0.25) is 0 Å². The molecule has 2 N–H and O–H groups in total. The highest BCUT2D eigenvalue weighted by Crippen LogP contribution is 2.16. The number of amides is 1. The largest absolute Gasteiger partial charge is 0.351 e. The average Bonchev–Trinajstić information content (AvgIpc) is 2.98. The summed E-state index contributed by atoms with van der Waals surface area (Å²) in [6.45, 7) is 2.20. The second-order valence-electron chi connectivity index (χ2n) is 6.49. The lowest BCUT2D eigenvalue weighted by molar-refractivity contribution is 0.0908. The predicted molar refractivity (Wildman–Crippen MR) is 94.9 cm³/mol. The molecule has 130 valence electrons. The third kappa shape index (κ3) is 4.36. The van der Waals surface area contributed by atoms with Crippen molar-refractivity contribution in [3.63, 3.8) is 0 Å². The van der Waals surface area contributed by atoms with Gasteiger partial charge in [-0.05, 0) is 25.0 Å². The topological polar surface area (TPSA) is 82.3 Å². The van der Waals surface area contributed by atoms with E-state index in [0.717, 1.165) is 36.8 Å². The Balaban J connectivity index is 1.51. The number of piperidine rings is 1. The Kier molecular flexibility index (Phi) is 4.91. The summed E-state index contributed by atoms with van der Waals surface area (Å²) < 4.78 is 22.5. The highest BCUT2D eigenvalue weighted by atomic mass is 32.2. The minimum Gasteiger partial charge on any atom is -0.351 e. The SMILES string of the molecule is CS(=O)(=O)CCN1CCC(NC(=O)c2cc3ccccc3[nH]2)CC1. The van der Waals surface area contributed by atoms with Gasteiger partial charge in [0.2, 0.25) is 0 Å². The molecule has 0 radical (unpaired) electrons. The summed E-state index contributed by atoms with van der Waals surface area (Å²) in [5.41, 5.74) is 1.54. The predicted octanol–water partition coefficient (Wildman–Crippen LogP) is 1.41. The van der Waals surface area contributed by atoms with Crippen molar-refractivity contribution < 1.29 is 13.2 Å². The molecule has 3 rings (SSSR count). The van der Waals surface area contributed by atoms with Gasteiger partial charge in [-0.25, -0.2) is 8.42 Å². The first-order chi connectivity index (χ1) is 11.4. The van der Waals surface area contributed by atoms with E-state index in [1.165, 1.54) is 6.26 Å². The molecule has 1 amide bonds. The number of likely N-dealkylation sites (tertiary alicyclic amines) is 1. The molecule has 1 aromatic carbocycles. The van der Waals surface area contributed by atoms with E-state index >= 15 is 0 Å². The third-order valence-electron chi connectivity index (χ3n) is 4.48. The van der Waals surface area contributed by atoms with Gasteiger partial charge < -0.3 is 15.2 Å². The Morgan fingerprint density at radius 1 is 1.29 bits per heavy atom. The minimum absolute atomic E-state index is 0.0826. The lowest BCUT2D eigenvalue weighted by Crippen LogP contribution is -2.45. The monoisotopic (exact) mass is 349 g/mol. The minimum atomic E-state index is -2.92. The number of benzene rings is 1. The van der Waals surface area contributed by atoms with Gasteiger partial charge in [0.15, 0.2) is 0 Å². The number of fused-ring (bicyclic) bond motifs is 1. The highest BCUT2D eigenvalue weighted by Gasteiger charge is 2.22. The molecule has 1 fully saturated rings. The maximum Gasteiger partial charge on any atom is 0.267 e. The number of H-pyrrole nitrogens is 1. The first kappa shape index (κ1) is 17.0. The Morgan fingerprint density at radius 3 is 2.67 bits per heavy atom. The molecule has 1 aliphatic heterocycles. The van der Waals surface area contributed by atoms with Crippen LogP contribution in [0, 0.1) is 0 Å². The molecule has 0 unspecified atom stereocenters. The van der Waals surface area contributed by atoms with Gasteiger partial charge in [-0.3, -0.25) is 4.79 Å². The van der Waals surface area contributed by atoms with Crippen molar-refractivity contribution in [2.24, 2.45) is 0 Å². The lowest BCUT2D eigenvalue weighted by Gasteiger charge is -2.32. The molecule has 0 saturated carbocycles. The number of aromatic nitrogens is 1. The Morgan fingerprint density at radius 2 is 2.00 bits per heavy atom. The second kappa shape index (κ2) is 6.94. The zero-order valence-electron chi connectivity index (χ0n) is 13.8. The van der Waals surface area contributed by atoms with Crippen molar-refractivity contribution in [2.45, 2.75) is 18.9 Å². The molecule has 1 aromatic heterocycles. The van der Waals surface area contributed by atoms with Crippen LogP contribution in [0.5, 0.6) is 0 Å². The van der Waals surface area contributed by atoms with Gasteiger partial charge in [-0.2, -0.15) is 0 Å². The number of hydrogen-bond donors (Lipinski definition) is 2. The van der Waals surface area contributed by atoms with Gasteiger partial charge >= 0.3 is 0 Å². The van der Waals surface area contributed by atoms with Crippen molar-refractivity contribution in [1.29, 1.82) is 0 Å². The van der Waals surface area contributed by atoms with E-state index in [0.29, 0.717) is 12.2 Å². The standard InChI is InChI=1S/C17H23N3O3S/c1-24(22,23)11-10-20-8-6-14(7-9-20)18-17(21)16-12-13-4-2-3-5-15(13)19-16/h2-5,12,14,19H,6-11H2,1H3,(H,18,21). The quantitative estimate of drug-likeness (QED) is 0.855. The van der Waals surface area contributed by atoms with E-state index in [1.54, 1.807) is 0 Å². The fourth-order valence-corrected chi connectivity index (χ4v) is 3.64. The molecule has 1 aliphatic rings. The van der Waals surface area contributed by atoms with Crippen molar-refractivity contribution in [2.75, 3.05) is 31.6 Å². The van der Waals surface area contributed by atoms with Gasteiger partial charge in [0, 0.05) is 42.8 Å². The zero-order valence-corrected chi connectivity index (χ0v) is 14.6. The number of nitrogens with one attached hydrogen (secondary N) is 2. The van der Waals surface area contributed by atoms with Gasteiger partial charge in [0.25, 0.3) is 5.91 Å². The third-order valence-corrected chi connectivity index (χ3v) is 5.40. The maximum atomic E-state index is 12.4. The van der Waals surface area contributed by atoms with E-state index in [9.17, 15) is 13.2 Å². The fraction of sp³-hybridized carbons (Fsp3) is 0.471. The van der Waals surface area contributed by atoms with Gasteiger partial charge in [0.05, 0.1) is 5.75 Å². The second-order valence-corrected chi connectivity index (χ2v) is 8.75. The Hall–Kier alpha value is -1.86. The molecule has 2 aromatic rings. The lowest BCUT2D eigenvalue weighted by atomic mass is 10.0. The van der Waals surface area contributed by atoms with Crippen molar-refractivity contribution >= 4 is 26.6 Å². The molecule has 7 heteroatoms. The van der Waals surface area contributed by atoms with Crippen LogP contribution in [-0.4, -0.2) is 61.9 Å². The smallest absolute Gasteiger partial charge is 0.267 e. The van der Waals surface area contributed by atoms with Gasteiger partial charge in [-0.15, -0.1) is 0 Å². The van der Waals surface area contributed by atoms with E-state index in [1.807, 2.05) is 30.3 Å². The van der Waals surface area contributed by atoms with Crippen molar-refractivity contribution in [3.8, 4) is 0 Å². The number of aromatic amines is 1. The first-order valence-electron chi connectivity index (χ1n) is 8.19. The molecule has 1 saturated heterocycles. The van der Waals surface area contributed by atoms with Crippen LogP contribution in [0.25, 0.3) is 10.9 Å². The fourth-order valence-electron chi connectivity index (χ4n) is 3.05. The number of para-hydroxylation sites is 1. The van der Waals surface area contributed by atoms with Crippen LogP contribution in [0.1, 0.15) is 23.3 Å².